The Morgan fingerprint density at radius 3 is 2.05 bits per heavy atom. The lowest BCUT2D eigenvalue weighted by molar-refractivity contribution is 0.0973. The zero-order chi connectivity index (χ0) is 14.6. The third-order valence-electron chi connectivity index (χ3n) is 3.21. The number of carbonyl (C=O) groups excluding carboxylic acids is 2. The molecule has 1 aliphatic carbocycles. The van der Waals surface area contributed by atoms with E-state index >= 15 is 0 Å². The Morgan fingerprint density at radius 2 is 1.35 bits per heavy atom. The molecule has 6 heteroatoms. The average molecular weight is 272 g/mol. The summed E-state index contributed by atoms with van der Waals surface area (Å²) in [5.41, 5.74) is -0.905. The number of carbonyl (C=O) groups is 2. The number of fused-ring (bicyclic) bond motifs is 2. The van der Waals surface area contributed by atoms with Crippen LogP contribution in [-0.4, -0.2) is 32.0 Å². The fourth-order valence-corrected chi connectivity index (χ4v) is 2.28. The molecule has 0 saturated heterocycles. The van der Waals surface area contributed by atoms with Crippen molar-refractivity contribution in [1.29, 1.82) is 0 Å². The van der Waals surface area contributed by atoms with E-state index in [1.54, 1.807) is 0 Å². The Kier molecular flexibility index (Phi) is 2.25. The second-order valence-electron chi connectivity index (χ2n) is 4.40. The van der Waals surface area contributed by atoms with Crippen molar-refractivity contribution in [2.75, 3.05) is 0 Å². The number of rotatable bonds is 0. The molecule has 0 aromatic heterocycles. The molecule has 0 fully saturated rings. The first-order valence-corrected chi connectivity index (χ1v) is 5.62. The van der Waals surface area contributed by atoms with Crippen LogP contribution in [0.3, 0.4) is 0 Å². The number of ketones is 2. The van der Waals surface area contributed by atoms with Gasteiger partial charge in [0.25, 0.3) is 0 Å². The minimum absolute atomic E-state index is 0.0133. The van der Waals surface area contributed by atoms with Gasteiger partial charge in [-0.3, -0.25) is 9.59 Å². The molecular formula is C14H8O6. The van der Waals surface area contributed by atoms with Gasteiger partial charge in [-0.05, 0) is 18.2 Å². The summed E-state index contributed by atoms with van der Waals surface area (Å²) in [5.74, 6) is -3.67. The third kappa shape index (κ3) is 1.38. The monoisotopic (exact) mass is 272 g/mol. The summed E-state index contributed by atoms with van der Waals surface area (Å²) < 4.78 is 0. The first-order chi connectivity index (χ1) is 9.41. The molecule has 0 bridgehead atoms. The molecule has 2 aromatic rings. The zero-order valence-electron chi connectivity index (χ0n) is 9.91. The summed E-state index contributed by atoms with van der Waals surface area (Å²) >= 11 is 0. The standard InChI is InChI=1S/C14H8O6/c15-5-1-2-6-7(3-5)13(19)10-8(16)4-9(17)14(20)11(10)12(6)18/h1-4,15-17,20H. The van der Waals surface area contributed by atoms with Crippen molar-refractivity contribution in [1.82, 2.24) is 0 Å². The maximum atomic E-state index is 12.3. The molecule has 0 spiro atoms. The van der Waals surface area contributed by atoms with Crippen LogP contribution in [-0.2, 0) is 0 Å². The molecule has 6 nitrogen and oxygen atoms in total. The van der Waals surface area contributed by atoms with Gasteiger partial charge in [0.05, 0.1) is 11.1 Å². The van der Waals surface area contributed by atoms with Gasteiger partial charge in [-0.25, -0.2) is 0 Å². The predicted molar refractivity (Wildman–Crippen MR) is 66.4 cm³/mol. The van der Waals surface area contributed by atoms with Crippen LogP contribution in [0.25, 0.3) is 0 Å². The molecule has 0 aliphatic heterocycles. The molecule has 4 N–H and O–H groups in total. The van der Waals surface area contributed by atoms with E-state index in [0.29, 0.717) is 0 Å². The Hall–Kier alpha value is -3.02. The molecule has 0 saturated carbocycles. The van der Waals surface area contributed by atoms with Crippen molar-refractivity contribution in [2.45, 2.75) is 0 Å². The highest BCUT2D eigenvalue weighted by atomic mass is 16.3. The van der Waals surface area contributed by atoms with Crippen LogP contribution in [0.15, 0.2) is 24.3 Å². The topological polar surface area (TPSA) is 115 Å². The Labute approximate surface area is 112 Å². The van der Waals surface area contributed by atoms with Crippen LogP contribution in [0.1, 0.15) is 31.8 Å². The maximum Gasteiger partial charge on any atom is 0.198 e. The van der Waals surface area contributed by atoms with Gasteiger partial charge in [0, 0.05) is 17.2 Å². The highest BCUT2D eigenvalue weighted by Crippen LogP contribution is 2.43. The highest BCUT2D eigenvalue weighted by Gasteiger charge is 2.35. The van der Waals surface area contributed by atoms with E-state index in [1.165, 1.54) is 12.1 Å². The zero-order valence-corrected chi connectivity index (χ0v) is 9.91. The molecule has 3 rings (SSSR count). The van der Waals surface area contributed by atoms with Gasteiger partial charge in [-0.1, -0.05) is 0 Å². The van der Waals surface area contributed by atoms with E-state index in [2.05, 4.69) is 0 Å². The van der Waals surface area contributed by atoms with Gasteiger partial charge in [-0.15, -0.1) is 0 Å². The molecule has 1 aliphatic rings. The van der Waals surface area contributed by atoms with Gasteiger partial charge < -0.3 is 20.4 Å². The van der Waals surface area contributed by atoms with E-state index in [4.69, 9.17) is 0 Å². The number of phenolic OH excluding ortho intramolecular Hbond substituents is 4. The Morgan fingerprint density at radius 1 is 0.700 bits per heavy atom. The summed E-state index contributed by atoms with van der Waals surface area (Å²) in [6.07, 6.45) is 0. The van der Waals surface area contributed by atoms with Crippen LogP contribution >= 0.6 is 0 Å². The maximum absolute atomic E-state index is 12.3. The molecular weight excluding hydrogens is 264 g/mol. The van der Waals surface area contributed by atoms with E-state index < -0.39 is 34.4 Å². The van der Waals surface area contributed by atoms with E-state index in [-0.39, 0.29) is 22.4 Å². The fraction of sp³-hybridized carbons (Fsp3) is 0. The van der Waals surface area contributed by atoms with Crippen LogP contribution in [0.5, 0.6) is 23.0 Å². The van der Waals surface area contributed by atoms with Crippen molar-refractivity contribution in [3.8, 4) is 23.0 Å². The lowest BCUT2D eigenvalue weighted by Crippen LogP contribution is -2.21. The smallest absolute Gasteiger partial charge is 0.198 e. The molecule has 0 radical (unpaired) electrons. The fourth-order valence-electron chi connectivity index (χ4n) is 2.28. The van der Waals surface area contributed by atoms with Crippen LogP contribution in [0, 0.1) is 0 Å². The lowest BCUT2D eigenvalue weighted by Gasteiger charge is -2.19. The molecule has 0 heterocycles. The van der Waals surface area contributed by atoms with Crippen molar-refractivity contribution in [3.63, 3.8) is 0 Å². The van der Waals surface area contributed by atoms with Gasteiger partial charge in [0.1, 0.15) is 11.5 Å². The molecule has 2 aromatic carbocycles. The highest BCUT2D eigenvalue weighted by molar-refractivity contribution is 6.30. The Bertz CT molecular complexity index is 789. The molecule has 20 heavy (non-hydrogen) atoms. The summed E-state index contributed by atoms with van der Waals surface area (Å²) in [4.78, 5) is 24.5. The molecule has 0 atom stereocenters. The minimum atomic E-state index is -0.755. The largest absolute Gasteiger partial charge is 0.508 e. The van der Waals surface area contributed by atoms with Crippen molar-refractivity contribution in [3.05, 3.63) is 46.5 Å². The summed E-state index contributed by atoms with van der Waals surface area (Å²) in [6.45, 7) is 0. The van der Waals surface area contributed by atoms with Gasteiger partial charge in [0.15, 0.2) is 23.1 Å². The Balaban J connectivity index is 2.41. The summed E-state index contributed by atoms with van der Waals surface area (Å²) in [7, 11) is 0. The number of aromatic hydroxyl groups is 4. The minimum Gasteiger partial charge on any atom is -0.508 e. The number of phenols is 4. The normalized spacial score (nSPS) is 13.0. The lowest BCUT2D eigenvalue weighted by atomic mass is 9.83. The second kappa shape index (κ2) is 3.74. The quantitative estimate of drug-likeness (QED) is 0.362. The molecule has 0 amide bonds. The van der Waals surface area contributed by atoms with Crippen LogP contribution in [0.4, 0.5) is 0 Å². The molecule has 0 unspecified atom stereocenters. The average Bonchev–Trinajstić information content (AvgIpc) is 2.40. The van der Waals surface area contributed by atoms with Crippen molar-refractivity contribution < 1.29 is 30.0 Å². The third-order valence-corrected chi connectivity index (χ3v) is 3.21. The van der Waals surface area contributed by atoms with Gasteiger partial charge >= 0.3 is 0 Å². The van der Waals surface area contributed by atoms with E-state index in [1.807, 2.05) is 0 Å². The number of benzene rings is 2. The summed E-state index contributed by atoms with van der Waals surface area (Å²) in [5, 5.41) is 38.3. The van der Waals surface area contributed by atoms with E-state index in [9.17, 15) is 30.0 Å². The predicted octanol–water partition coefficient (Wildman–Crippen LogP) is 1.28. The summed E-state index contributed by atoms with van der Waals surface area (Å²) in [6, 6.07) is 4.37. The van der Waals surface area contributed by atoms with Crippen LogP contribution < -0.4 is 0 Å². The van der Waals surface area contributed by atoms with E-state index in [0.717, 1.165) is 12.1 Å². The second-order valence-corrected chi connectivity index (χ2v) is 4.40. The first kappa shape index (κ1) is 12.0. The molecule has 100 valence electrons. The number of hydrogen-bond acceptors (Lipinski definition) is 6. The first-order valence-electron chi connectivity index (χ1n) is 5.62. The SMILES string of the molecule is O=C1c2cc(O)ccc2C(=O)c2c(O)c(O)cc(O)c21. The van der Waals surface area contributed by atoms with Gasteiger partial charge in [-0.2, -0.15) is 0 Å². The van der Waals surface area contributed by atoms with Crippen molar-refractivity contribution >= 4 is 11.6 Å². The van der Waals surface area contributed by atoms with Crippen molar-refractivity contribution in [2.24, 2.45) is 0 Å². The van der Waals surface area contributed by atoms with Crippen LogP contribution in [0.2, 0.25) is 0 Å². The van der Waals surface area contributed by atoms with Gasteiger partial charge in [0.2, 0.25) is 0 Å². The number of hydrogen-bond donors (Lipinski definition) is 4.